The van der Waals surface area contributed by atoms with Crippen LogP contribution in [0.4, 0.5) is 5.69 Å². The smallest absolute Gasteiger partial charge is 0.237 e. The molecule has 1 aromatic heterocycles. The Bertz CT molecular complexity index is 1040. The second-order valence-electron chi connectivity index (χ2n) is 7.54. The first-order chi connectivity index (χ1) is 14.6. The van der Waals surface area contributed by atoms with Crippen LogP contribution in [-0.2, 0) is 11.2 Å². The van der Waals surface area contributed by atoms with Gasteiger partial charge < -0.3 is 16.0 Å². The lowest BCUT2D eigenvalue weighted by molar-refractivity contribution is -0.122. The van der Waals surface area contributed by atoms with Crippen LogP contribution in [0.15, 0.2) is 66.0 Å². The van der Waals surface area contributed by atoms with E-state index in [1.165, 1.54) is 0 Å². The van der Waals surface area contributed by atoms with Crippen LogP contribution in [0.3, 0.4) is 0 Å². The average molecular weight is 417 g/mol. The molecule has 1 amide bonds. The van der Waals surface area contributed by atoms with Gasteiger partial charge in [0.1, 0.15) is 6.07 Å². The third-order valence-corrected chi connectivity index (χ3v) is 6.34. The number of nitriles is 1. The summed E-state index contributed by atoms with van der Waals surface area (Å²) in [6, 6.07) is 21.8. The van der Waals surface area contributed by atoms with Crippen LogP contribution in [0.25, 0.3) is 11.1 Å². The minimum absolute atomic E-state index is 0.0345. The van der Waals surface area contributed by atoms with Crippen molar-refractivity contribution in [3.8, 4) is 17.2 Å². The van der Waals surface area contributed by atoms with Crippen molar-refractivity contribution >= 4 is 22.9 Å². The van der Waals surface area contributed by atoms with Crippen molar-refractivity contribution in [2.75, 3.05) is 18.0 Å². The summed E-state index contributed by atoms with van der Waals surface area (Å²) in [6.45, 7) is 1.47. The molecule has 0 spiro atoms. The molecule has 30 heavy (non-hydrogen) atoms. The lowest BCUT2D eigenvalue weighted by Crippen LogP contribution is -2.47. The minimum atomic E-state index is -0.544. The Morgan fingerprint density at radius 2 is 2.03 bits per heavy atom. The van der Waals surface area contributed by atoms with E-state index in [-0.39, 0.29) is 11.9 Å². The van der Waals surface area contributed by atoms with Gasteiger partial charge in [0.05, 0.1) is 17.3 Å². The fraction of sp³-hybridized carbons (Fsp3) is 0.250. The van der Waals surface area contributed by atoms with E-state index in [2.05, 4.69) is 16.3 Å². The number of nitrogens with one attached hydrogen (secondary N) is 1. The van der Waals surface area contributed by atoms with E-state index < -0.39 is 6.04 Å². The number of thiophene rings is 1. The van der Waals surface area contributed by atoms with Gasteiger partial charge >= 0.3 is 0 Å². The van der Waals surface area contributed by atoms with Crippen LogP contribution in [0, 0.1) is 11.3 Å². The molecule has 152 valence electrons. The molecule has 2 atom stereocenters. The highest BCUT2D eigenvalue weighted by atomic mass is 32.1. The minimum Gasteiger partial charge on any atom is -0.368 e. The summed E-state index contributed by atoms with van der Waals surface area (Å²) in [7, 11) is 0. The molecule has 0 bridgehead atoms. The van der Waals surface area contributed by atoms with Crippen LogP contribution in [0.1, 0.15) is 16.9 Å². The van der Waals surface area contributed by atoms with Crippen LogP contribution < -0.4 is 16.0 Å². The van der Waals surface area contributed by atoms with E-state index in [4.69, 9.17) is 5.73 Å². The molecule has 4 rings (SSSR count). The van der Waals surface area contributed by atoms with Crippen LogP contribution in [-0.4, -0.2) is 31.1 Å². The largest absolute Gasteiger partial charge is 0.368 e. The molecular weight excluding hydrogens is 392 g/mol. The summed E-state index contributed by atoms with van der Waals surface area (Å²) < 4.78 is 0. The van der Waals surface area contributed by atoms with E-state index in [1.807, 2.05) is 66.0 Å². The molecule has 0 radical (unpaired) electrons. The highest BCUT2D eigenvalue weighted by Crippen LogP contribution is 2.29. The van der Waals surface area contributed by atoms with Crippen LogP contribution in [0.2, 0.25) is 0 Å². The number of benzene rings is 2. The number of nitrogens with two attached hydrogens (primary N) is 1. The van der Waals surface area contributed by atoms with Gasteiger partial charge in [0.2, 0.25) is 5.91 Å². The SMILES string of the molecule is N#Cc1cc(-c2ccccc2)ccc1N1CCC(NC(=O)C(N)Cc2cccs2)C1. The fourth-order valence-corrected chi connectivity index (χ4v) is 4.62. The second kappa shape index (κ2) is 9.12. The Balaban J connectivity index is 1.40. The van der Waals surface area contributed by atoms with Crippen molar-refractivity contribution in [1.29, 1.82) is 5.26 Å². The molecule has 3 N–H and O–H groups in total. The van der Waals surface area contributed by atoms with Crippen molar-refractivity contribution < 1.29 is 4.79 Å². The van der Waals surface area contributed by atoms with Gasteiger partial charge in [-0.3, -0.25) is 4.79 Å². The topological polar surface area (TPSA) is 82.2 Å². The normalized spacial score (nSPS) is 16.8. The van der Waals surface area contributed by atoms with Crippen molar-refractivity contribution in [2.24, 2.45) is 5.73 Å². The molecule has 2 unspecified atom stereocenters. The predicted octanol–water partition coefficient (Wildman–Crippen LogP) is 3.55. The number of hydrogen-bond acceptors (Lipinski definition) is 5. The summed E-state index contributed by atoms with van der Waals surface area (Å²) in [5.41, 5.74) is 9.77. The molecule has 2 heterocycles. The van der Waals surface area contributed by atoms with E-state index >= 15 is 0 Å². The number of amides is 1. The van der Waals surface area contributed by atoms with Gasteiger partial charge in [-0.25, -0.2) is 0 Å². The number of carbonyl (C=O) groups is 1. The number of anilines is 1. The van der Waals surface area contributed by atoms with Crippen molar-refractivity contribution in [3.63, 3.8) is 0 Å². The molecule has 1 fully saturated rings. The lowest BCUT2D eigenvalue weighted by Gasteiger charge is -2.21. The van der Waals surface area contributed by atoms with E-state index in [1.54, 1.807) is 11.3 Å². The number of rotatable bonds is 6. The highest BCUT2D eigenvalue weighted by molar-refractivity contribution is 7.09. The molecule has 5 nitrogen and oxygen atoms in total. The van der Waals surface area contributed by atoms with Gasteiger partial charge in [0, 0.05) is 30.4 Å². The van der Waals surface area contributed by atoms with E-state index in [0.29, 0.717) is 18.5 Å². The monoisotopic (exact) mass is 416 g/mol. The fourth-order valence-electron chi connectivity index (χ4n) is 3.85. The zero-order valence-electron chi connectivity index (χ0n) is 16.6. The van der Waals surface area contributed by atoms with Crippen molar-refractivity contribution in [1.82, 2.24) is 5.32 Å². The van der Waals surface area contributed by atoms with Gasteiger partial charge in [-0.05, 0) is 41.1 Å². The Kier molecular flexibility index (Phi) is 6.12. The second-order valence-corrected chi connectivity index (χ2v) is 8.57. The first-order valence-corrected chi connectivity index (χ1v) is 10.9. The molecule has 6 heteroatoms. The maximum atomic E-state index is 12.5. The third-order valence-electron chi connectivity index (χ3n) is 5.44. The molecule has 1 aliphatic heterocycles. The van der Waals surface area contributed by atoms with Crippen molar-refractivity contribution in [2.45, 2.75) is 24.9 Å². The average Bonchev–Trinajstić information content (AvgIpc) is 3.46. The van der Waals surface area contributed by atoms with Gasteiger partial charge in [-0.1, -0.05) is 42.5 Å². The molecule has 1 saturated heterocycles. The summed E-state index contributed by atoms with van der Waals surface area (Å²) in [4.78, 5) is 15.8. The Morgan fingerprint density at radius 3 is 2.77 bits per heavy atom. The first-order valence-electron chi connectivity index (χ1n) is 10.1. The summed E-state index contributed by atoms with van der Waals surface area (Å²) in [5.74, 6) is -0.116. The molecule has 0 aliphatic carbocycles. The molecule has 2 aromatic carbocycles. The summed E-state index contributed by atoms with van der Waals surface area (Å²) >= 11 is 1.61. The number of nitrogens with zero attached hydrogens (tertiary/aromatic N) is 2. The summed E-state index contributed by atoms with van der Waals surface area (Å²) in [5, 5.41) is 14.8. The molecular formula is C24H24N4OS. The third kappa shape index (κ3) is 4.54. The summed E-state index contributed by atoms with van der Waals surface area (Å²) in [6.07, 6.45) is 1.39. The van der Waals surface area contributed by atoms with Gasteiger partial charge in [-0.15, -0.1) is 11.3 Å². The van der Waals surface area contributed by atoms with Crippen LogP contribution in [0.5, 0.6) is 0 Å². The zero-order chi connectivity index (χ0) is 20.9. The maximum Gasteiger partial charge on any atom is 0.237 e. The Hall–Kier alpha value is -3.14. The molecule has 1 aliphatic rings. The Morgan fingerprint density at radius 1 is 1.20 bits per heavy atom. The van der Waals surface area contributed by atoms with Crippen molar-refractivity contribution in [3.05, 3.63) is 76.5 Å². The maximum absolute atomic E-state index is 12.5. The van der Waals surface area contributed by atoms with E-state index in [0.717, 1.165) is 34.7 Å². The lowest BCUT2D eigenvalue weighted by atomic mass is 10.0. The van der Waals surface area contributed by atoms with Gasteiger partial charge in [0.25, 0.3) is 0 Å². The highest BCUT2D eigenvalue weighted by Gasteiger charge is 2.27. The first kappa shape index (κ1) is 20.1. The number of carbonyl (C=O) groups excluding carboxylic acids is 1. The standard InChI is InChI=1S/C24H24N4OS/c25-15-19-13-18(17-5-2-1-3-6-17)8-9-23(19)28-11-10-20(16-28)27-24(29)22(26)14-21-7-4-12-30-21/h1-9,12-13,20,22H,10-11,14,16,26H2,(H,27,29). The van der Waals surface area contributed by atoms with E-state index in [9.17, 15) is 10.1 Å². The van der Waals surface area contributed by atoms with Gasteiger partial charge in [0.15, 0.2) is 0 Å². The van der Waals surface area contributed by atoms with Gasteiger partial charge in [-0.2, -0.15) is 5.26 Å². The Labute approximate surface area is 180 Å². The number of hydrogen-bond donors (Lipinski definition) is 2. The predicted molar refractivity (Wildman–Crippen MR) is 121 cm³/mol. The molecule has 3 aromatic rings. The van der Waals surface area contributed by atoms with Crippen LogP contribution >= 0.6 is 11.3 Å². The quantitative estimate of drug-likeness (QED) is 0.644. The molecule has 0 saturated carbocycles. The zero-order valence-corrected chi connectivity index (χ0v) is 17.4.